The lowest BCUT2D eigenvalue weighted by Gasteiger charge is -2.06. The van der Waals surface area contributed by atoms with E-state index in [9.17, 15) is 13.2 Å². The number of fused-ring (bicyclic) bond motifs is 1. The first kappa shape index (κ1) is 20.1. The van der Waals surface area contributed by atoms with E-state index in [-0.39, 0.29) is 23.1 Å². The van der Waals surface area contributed by atoms with Crippen LogP contribution in [-0.4, -0.2) is 23.9 Å². The van der Waals surface area contributed by atoms with Gasteiger partial charge in [-0.1, -0.05) is 41.9 Å². The predicted molar refractivity (Wildman–Crippen MR) is 117 cm³/mol. The Balaban J connectivity index is 1.65. The lowest BCUT2D eigenvalue weighted by atomic mass is 10.2. The number of carbonyl (C=O) groups excluding carboxylic acids is 1. The van der Waals surface area contributed by atoms with Crippen molar-refractivity contribution in [2.75, 3.05) is 5.32 Å². The molecule has 152 valence electrons. The van der Waals surface area contributed by atoms with E-state index in [1.54, 1.807) is 71.6 Å². The molecule has 4 aromatic rings. The molecule has 2 aromatic carbocycles. The molecule has 0 aliphatic heterocycles. The van der Waals surface area contributed by atoms with E-state index < -0.39 is 9.84 Å². The Bertz CT molecular complexity index is 1300. The zero-order valence-electron chi connectivity index (χ0n) is 15.8. The van der Waals surface area contributed by atoms with Crippen molar-refractivity contribution in [3.8, 4) is 0 Å². The molecule has 30 heavy (non-hydrogen) atoms. The smallest absolute Gasteiger partial charge is 0.244 e. The first-order chi connectivity index (χ1) is 14.4. The summed E-state index contributed by atoms with van der Waals surface area (Å²) >= 11 is 5.89. The molecule has 1 amide bonds. The maximum Gasteiger partial charge on any atom is 0.244 e. The fourth-order valence-electron chi connectivity index (χ4n) is 3.26. The fourth-order valence-corrected chi connectivity index (χ4v) is 4.97. The maximum atomic E-state index is 13.1. The number of aromatic nitrogens is 2. The van der Waals surface area contributed by atoms with E-state index in [4.69, 9.17) is 11.6 Å². The van der Waals surface area contributed by atoms with Crippen molar-refractivity contribution in [3.05, 3.63) is 89.8 Å². The molecule has 0 aliphatic rings. The van der Waals surface area contributed by atoms with Crippen molar-refractivity contribution in [1.82, 2.24) is 9.55 Å². The number of halogens is 1. The van der Waals surface area contributed by atoms with E-state index in [1.165, 1.54) is 6.20 Å². The van der Waals surface area contributed by atoms with Gasteiger partial charge in [0.15, 0.2) is 9.84 Å². The van der Waals surface area contributed by atoms with Crippen LogP contribution >= 0.6 is 11.6 Å². The molecule has 0 unspecified atom stereocenters. The molecule has 0 atom stereocenters. The zero-order chi connectivity index (χ0) is 21.1. The minimum atomic E-state index is -3.63. The Morgan fingerprint density at radius 3 is 2.53 bits per heavy atom. The van der Waals surface area contributed by atoms with Crippen molar-refractivity contribution in [2.45, 2.75) is 17.2 Å². The first-order valence-electron chi connectivity index (χ1n) is 9.17. The normalized spacial score (nSPS) is 11.5. The van der Waals surface area contributed by atoms with Gasteiger partial charge >= 0.3 is 0 Å². The van der Waals surface area contributed by atoms with Gasteiger partial charge in [0.2, 0.25) is 5.91 Å². The molecular formula is C22H18ClN3O3S. The summed E-state index contributed by atoms with van der Waals surface area (Å²) in [5.41, 5.74) is 1.90. The van der Waals surface area contributed by atoms with E-state index in [1.807, 2.05) is 6.07 Å². The Kier molecular flexibility index (Phi) is 5.57. The molecule has 0 saturated carbocycles. The van der Waals surface area contributed by atoms with Crippen molar-refractivity contribution < 1.29 is 13.2 Å². The van der Waals surface area contributed by atoms with Crippen LogP contribution in [0.2, 0.25) is 5.02 Å². The van der Waals surface area contributed by atoms with Gasteiger partial charge in [-0.2, -0.15) is 0 Å². The van der Waals surface area contributed by atoms with Gasteiger partial charge in [0.1, 0.15) is 6.54 Å². The topological polar surface area (TPSA) is 81.1 Å². The summed E-state index contributed by atoms with van der Waals surface area (Å²) in [4.78, 5) is 16.6. The van der Waals surface area contributed by atoms with Gasteiger partial charge in [0.25, 0.3) is 0 Å². The standard InChI is InChI=1S/C22H18ClN3O3S/c23-17-9-7-16(8-10-17)15-30(28,29)21-13-26(20-6-2-1-5-19(20)21)14-22(27)25-18-4-3-11-24-12-18/h1-13H,14-15H2,(H,25,27). The highest BCUT2D eigenvalue weighted by Gasteiger charge is 2.22. The molecule has 0 aliphatic carbocycles. The third kappa shape index (κ3) is 4.37. The molecule has 0 radical (unpaired) electrons. The highest BCUT2D eigenvalue weighted by Crippen LogP contribution is 2.28. The van der Waals surface area contributed by atoms with Crippen LogP contribution < -0.4 is 5.32 Å². The Morgan fingerprint density at radius 1 is 1.03 bits per heavy atom. The van der Waals surface area contributed by atoms with Gasteiger partial charge in [0, 0.05) is 28.3 Å². The number of carbonyl (C=O) groups is 1. The van der Waals surface area contributed by atoms with E-state index in [2.05, 4.69) is 10.3 Å². The van der Waals surface area contributed by atoms with E-state index in [0.29, 0.717) is 27.2 Å². The van der Waals surface area contributed by atoms with Crippen molar-refractivity contribution in [1.29, 1.82) is 0 Å². The Morgan fingerprint density at radius 2 is 1.80 bits per heavy atom. The van der Waals surface area contributed by atoms with Crippen LogP contribution in [0.15, 0.2) is 84.1 Å². The second-order valence-corrected chi connectivity index (χ2v) is 9.21. The summed E-state index contributed by atoms with van der Waals surface area (Å²) in [6, 6.07) is 17.3. The number of amides is 1. The van der Waals surface area contributed by atoms with Crippen LogP contribution in [0, 0.1) is 0 Å². The summed E-state index contributed by atoms with van der Waals surface area (Å²) in [6.07, 6.45) is 4.69. The lowest BCUT2D eigenvalue weighted by Crippen LogP contribution is -2.18. The van der Waals surface area contributed by atoms with Crippen LogP contribution in [0.25, 0.3) is 10.9 Å². The number of sulfone groups is 1. The second-order valence-electron chi connectivity index (χ2n) is 6.81. The number of benzene rings is 2. The quantitative estimate of drug-likeness (QED) is 0.485. The largest absolute Gasteiger partial charge is 0.337 e. The predicted octanol–water partition coefficient (Wildman–Crippen LogP) is 4.30. The van der Waals surface area contributed by atoms with Gasteiger partial charge in [-0.05, 0) is 35.9 Å². The Labute approximate surface area is 179 Å². The van der Waals surface area contributed by atoms with Gasteiger partial charge in [-0.3, -0.25) is 9.78 Å². The summed E-state index contributed by atoms with van der Waals surface area (Å²) in [5, 5.41) is 3.90. The summed E-state index contributed by atoms with van der Waals surface area (Å²) in [6.45, 7) is -0.0220. The molecule has 0 saturated heterocycles. The zero-order valence-corrected chi connectivity index (χ0v) is 17.4. The minimum absolute atomic E-state index is 0.0220. The molecule has 8 heteroatoms. The molecular weight excluding hydrogens is 422 g/mol. The molecule has 0 fully saturated rings. The van der Waals surface area contributed by atoms with Crippen molar-refractivity contribution in [3.63, 3.8) is 0 Å². The lowest BCUT2D eigenvalue weighted by molar-refractivity contribution is -0.116. The molecule has 2 aromatic heterocycles. The number of anilines is 1. The monoisotopic (exact) mass is 439 g/mol. The van der Waals surface area contributed by atoms with Gasteiger partial charge in [-0.25, -0.2) is 8.42 Å². The molecule has 0 spiro atoms. The number of rotatable bonds is 6. The second kappa shape index (κ2) is 8.30. The number of pyridine rings is 1. The fraction of sp³-hybridized carbons (Fsp3) is 0.0909. The van der Waals surface area contributed by atoms with Crippen molar-refractivity contribution >= 4 is 43.9 Å². The number of nitrogens with one attached hydrogen (secondary N) is 1. The summed E-state index contributed by atoms with van der Waals surface area (Å²) < 4.78 is 27.9. The molecule has 0 bridgehead atoms. The maximum absolute atomic E-state index is 13.1. The molecule has 4 rings (SSSR count). The first-order valence-corrected chi connectivity index (χ1v) is 11.2. The number of para-hydroxylation sites is 1. The molecule has 2 heterocycles. The third-order valence-electron chi connectivity index (χ3n) is 4.62. The van der Waals surface area contributed by atoms with E-state index >= 15 is 0 Å². The number of hydrogen-bond acceptors (Lipinski definition) is 4. The highest BCUT2D eigenvalue weighted by atomic mass is 35.5. The Hall–Kier alpha value is -3.16. The third-order valence-corrected chi connectivity index (χ3v) is 6.58. The van der Waals surface area contributed by atoms with E-state index in [0.717, 1.165) is 0 Å². The van der Waals surface area contributed by atoms with Gasteiger partial charge in [0.05, 0.1) is 22.5 Å². The highest BCUT2D eigenvalue weighted by molar-refractivity contribution is 7.90. The van der Waals surface area contributed by atoms with Gasteiger partial charge in [-0.15, -0.1) is 0 Å². The van der Waals surface area contributed by atoms with Crippen LogP contribution in [0.3, 0.4) is 0 Å². The van der Waals surface area contributed by atoms with Crippen LogP contribution in [0.4, 0.5) is 5.69 Å². The molecule has 6 nitrogen and oxygen atoms in total. The van der Waals surface area contributed by atoms with Crippen LogP contribution in [-0.2, 0) is 26.9 Å². The number of nitrogens with zero attached hydrogens (tertiary/aromatic N) is 2. The SMILES string of the molecule is O=C(Cn1cc(S(=O)(=O)Cc2ccc(Cl)cc2)c2ccccc21)Nc1cccnc1. The van der Waals surface area contributed by atoms with Gasteiger partial charge < -0.3 is 9.88 Å². The van der Waals surface area contributed by atoms with Crippen molar-refractivity contribution in [2.24, 2.45) is 0 Å². The summed E-state index contributed by atoms with van der Waals surface area (Å²) in [5.74, 6) is -0.425. The minimum Gasteiger partial charge on any atom is -0.337 e. The average molecular weight is 440 g/mol. The number of hydrogen-bond donors (Lipinski definition) is 1. The average Bonchev–Trinajstić information content (AvgIpc) is 3.10. The summed E-state index contributed by atoms with van der Waals surface area (Å²) in [7, 11) is -3.63. The van der Waals surface area contributed by atoms with Crippen LogP contribution in [0.1, 0.15) is 5.56 Å². The molecule has 1 N–H and O–H groups in total. The van der Waals surface area contributed by atoms with Crippen LogP contribution in [0.5, 0.6) is 0 Å².